The summed E-state index contributed by atoms with van der Waals surface area (Å²) in [6.07, 6.45) is 7.94. The Morgan fingerprint density at radius 3 is 1.76 bits per heavy atom. The van der Waals surface area contributed by atoms with E-state index in [1.165, 1.54) is 23.1 Å². The van der Waals surface area contributed by atoms with Crippen LogP contribution in [0.5, 0.6) is 0 Å². The molecule has 7 heteroatoms. The van der Waals surface area contributed by atoms with E-state index in [9.17, 15) is 14.4 Å². The highest BCUT2D eigenvalue weighted by molar-refractivity contribution is 6.57. The molecular formula is C18H30N3O3Si. The lowest BCUT2D eigenvalue weighted by atomic mass is 10.3. The number of nitrogens with zero attached hydrogens (tertiary/aromatic N) is 3. The third-order valence-electron chi connectivity index (χ3n) is 4.13. The van der Waals surface area contributed by atoms with E-state index >= 15 is 0 Å². The Balaban J connectivity index is 3.33. The van der Waals surface area contributed by atoms with Crippen LogP contribution in [0.1, 0.15) is 39.5 Å². The molecule has 0 spiro atoms. The maximum absolute atomic E-state index is 12.7. The zero-order valence-corrected chi connectivity index (χ0v) is 16.5. The van der Waals surface area contributed by atoms with Crippen LogP contribution in [-0.4, -0.2) is 22.5 Å². The first-order valence-electron chi connectivity index (χ1n) is 9.01. The summed E-state index contributed by atoms with van der Waals surface area (Å²) in [6, 6.07) is 2.14. The average Bonchev–Trinajstić information content (AvgIpc) is 2.59. The molecular weight excluding hydrogens is 334 g/mol. The Labute approximate surface area is 150 Å². The van der Waals surface area contributed by atoms with Crippen molar-refractivity contribution in [1.29, 1.82) is 0 Å². The maximum Gasteiger partial charge on any atom is 0.336 e. The predicted octanol–water partition coefficient (Wildman–Crippen LogP) is 2.18. The summed E-state index contributed by atoms with van der Waals surface area (Å²) in [5.41, 5.74) is -1.64. The molecule has 6 nitrogen and oxygen atoms in total. The van der Waals surface area contributed by atoms with Gasteiger partial charge in [0.25, 0.3) is 0 Å². The molecule has 1 radical (unpaired) electrons. The van der Waals surface area contributed by atoms with E-state index in [1.807, 2.05) is 0 Å². The SMILES string of the molecule is C=CCn1c(=O)n(CC=C)c(=O)n(C[Si](CCC)CCCCC)c1=O. The van der Waals surface area contributed by atoms with Gasteiger partial charge < -0.3 is 0 Å². The second-order valence-electron chi connectivity index (χ2n) is 6.19. The van der Waals surface area contributed by atoms with Crippen LogP contribution < -0.4 is 17.1 Å². The molecule has 1 aromatic rings. The molecule has 0 N–H and O–H groups in total. The van der Waals surface area contributed by atoms with Crippen molar-refractivity contribution in [3.05, 3.63) is 56.8 Å². The molecule has 1 rings (SSSR count). The number of allylic oxidation sites excluding steroid dienone is 2. The summed E-state index contributed by atoms with van der Waals surface area (Å²) < 4.78 is 3.41. The van der Waals surface area contributed by atoms with Crippen molar-refractivity contribution in [3.63, 3.8) is 0 Å². The van der Waals surface area contributed by atoms with Crippen molar-refractivity contribution in [2.24, 2.45) is 0 Å². The largest absolute Gasteiger partial charge is 0.336 e. The fourth-order valence-corrected chi connectivity index (χ4v) is 5.61. The van der Waals surface area contributed by atoms with Gasteiger partial charge in [0.2, 0.25) is 0 Å². The molecule has 0 saturated carbocycles. The van der Waals surface area contributed by atoms with Gasteiger partial charge in [0.15, 0.2) is 0 Å². The van der Waals surface area contributed by atoms with E-state index in [1.54, 1.807) is 0 Å². The maximum atomic E-state index is 12.7. The second kappa shape index (κ2) is 10.9. The predicted molar refractivity (Wildman–Crippen MR) is 105 cm³/mol. The summed E-state index contributed by atoms with van der Waals surface area (Å²) in [6.45, 7) is 11.7. The molecule has 0 unspecified atom stereocenters. The van der Waals surface area contributed by atoms with Crippen molar-refractivity contribution < 1.29 is 0 Å². The highest BCUT2D eigenvalue weighted by Crippen LogP contribution is 2.10. The minimum absolute atomic E-state index is 0.0980. The highest BCUT2D eigenvalue weighted by atomic mass is 28.3. The Bertz CT molecular complexity index is 697. The molecule has 0 aliphatic heterocycles. The topological polar surface area (TPSA) is 66.0 Å². The van der Waals surface area contributed by atoms with Crippen LogP contribution in [-0.2, 0) is 19.3 Å². The van der Waals surface area contributed by atoms with E-state index in [-0.39, 0.29) is 13.1 Å². The summed E-state index contributed by atoms with van der Waals surface area (Å²) in [5, 5.41) is 0. The first kappa shape index (κ1) is 21.2. The molecule has 1 heterocycles. The molecule has 0 atom stereocenters. The summed E-state index contributed by atoms with van der Waals surface area (Å²) in [7, 11) is -0.857. The second-order valence-corrected chi connectivity index (χ2v) is 9.01. The number of hydrogen-bond donors (Lipinski definition) is 0. The van der Waals surface area contributed by atoms with Crippen LogP contribution >= 0.6 is 0 Å². The first-order chi connectivity index (χ1) is 12.0. The number of aromatic nitrogens is 3. The van der Waals surface area contributed by atoms with E-state index < -0.39 is 25.9 Å². The van der Waals surface area contributed by atoms with Gasteiger partial charge in [-0.15, -0.1) is 13.2 Å². The molecule has 0 aliphatic rings. The van der Waals surface area contributed by atoms with Crippen molar-refractivity contribution in [1.82, 2.24) is 13.7 Å². The van der Waals surface area contributed by atoms with Gasteiger partial charge in [-0.05, 0) is 0 Å². The molecule has 1 aromatic heterocycles. The Morgan fingerprint density at radius 1 is 0.800 bits per heavy atom. The van der Waals surface area contributed by atoms with Gasteiger partial charge in [0.05, 0.1) is 21.9 Å². The van der Waals surface area contributed by atoms with Gasteiger partial charge in [-0.2, -0.15) is 0 Å². The van der Waals surface area contributed by atoms with Crippen LogP contribution in [0, 0.1) is 0 Å². The van der Waals surface area contributed by atoms with E-state index in [0.29, 0.717) is 6.17 Å². The standard InChI is InChI=1S/C18H30N3O3Si/c1-5-9-10-14-25(13-8-4)15-21-17(23)19(11-6-2)16(22)20(12-7-3)18(21)24/h6-7H,2-3,5,8-15H2,1,4H3. The third kappa shape index (κ3) is 5.56. The Hall–Kier alpha value is -1.89. The van der Waals surface area contributed by atoms with Crippen LogP contribution in [0.2, 0.25) is 12.1 Å². The molecule has 0 saturated heterocycles. The quantitative estimate of drug-likeness (QED) is 0.324. The lowest BCUT2D eigenvalue weighted by molar-refractivity contribution is 0.507. The highest BCUT2D eigenvalue weighted by Gasteiger charge is 2.18. The monoisotopic (exact) mass is 364 g/mol. The minimum Gasteiger partial charge on any atom is -0.248 e. The average molecular weight is 365 g/mol. The minimum atomic E-state index is -0.857. The lowest BCUT2D eigenvalue weighted by Crippen LogP contribution is -2.55. The van der Waals surface area contributed by atoms with Crippen LogP contribution in [0.4, 0.5) is 0 Å². The van der Waals surface area contributed by atoms with Gasteiger partial charge in [0, 0.05) is 6.17 Å². The number of rotatable bonds is 12. The Kier molecular flexibility index (Phi) is 9.19. The molecule has 139 valence electrons. The van der Waals surface area contributed by atoms with E-state index in [2.05, 4.69) is 27.0 Å². The fraction of sp³-hybridized carbons (Fsp3) is 0.611. The number of unbranched alkanes of at least 4 members (excludes halogenated alkanes) is 2. The smallest absolute Gasteiger partial charge is 0.248 e. The molecule has 0 aliphatic carbocycles. The van der Waals surface area contributed by atoms with E-state index in [4.69, 9.17) is 0 Å². The zero-order valence-electron chi connectivity index (χ0n) is 15.5. The zero-order chi connectivity index (χ0) is 18.8. The third-order valence-corrected chi connectivity index (χ3v) is 7.16. The van der Waals surface area contributed by atoms with E-state index in [0.717, 1.165) is 40.5 Å². The normalized spacial score (nSPS) is 11.0. The van der Waals surface area contributed by atoms with Gasteiger partial charge in [-0.1, -0.05) is 63.8 Å². The molecule has 25 heavy (non-hydrogen) atoms. The Morgan fingerprint density at radius 2 is 1.32 bits per heavy atom. The summed E-state index contributed by atoms with van der Waals surface area (Å²) in [5.74, 6) is 0. The molecule has 0 amide bonds. The summed E-state index contributed by atoms with van der Waals surface area (Å²) >= 11 is 0. The van der Waals surface area contributed by atoms with Crippen LogP contribution in [0.25, 0.3) is 0 Å². The van der Waals surface area contributed by atoms with Crippen molar-refractivity contribution in [3.8, 4) is 0 Å². The lowest BCUT2D eigenvalue weighted by Gasteiger charge is -2.17. The van der Waals surface area contributed by atoms with Gasteiger partial charge in [-0.25, -0.2) is 28.1 Å². The van der Waals surface area contributed by atoms with Gasteiger partial charge in [0.1, 0.15) is 0 Å². The van der Waals surface area contributed by atoms with Crippen LogP contribution in [0.3, 0.4) is 0 Å². The molecule has 0 aromatic carbocycles. The molecule has 0 bridgehead atoms. The summed E-state index contributed by atoms with van der Waals surface area (Å²) in [4.78, 5) is 37.8. The number of hydrogen-bond acceptors (Lipinski definition) is 3. The molecule has 0 fully saturated rings. The van der Waals surface area contributed by atoms with Crippen LogP contribution in [0.15, 0.2) is 39.7 Å². The fourth-order valence-electron chi connectivity index (χ4n) is 2.87. The van der Waals surface area contributed by atoms with Crippen molar-refractivity contribution in [2.75, 3.05) is 0 Å². The van der Waals surface area contributed by atoms with Gasteiger partial charge >= 0.3 is 17.1 Å². The van der Waals surface area contributed by atoms with Crippen molar-refractivity contribution in [2.45, 2.75) is 70.9 Å². The van der Waals surface area contributed by atoms with Gasteiger partial charge in [-0.3, -0.25) is 0 Å². The van der Waals surface area contributed by atoms with Crippen molar-refractivity contribution >= 4 is 8.80 Å². The first-order valence-corrected chi connectivity index (χ1v) is 11.1.